The molecule has 144 valence electrons. The van der Waals surface area contributed by atoms with E-state index in [-0.39, 0.29) is 35.1 Å². The number of halogens is 1. The molecule has 2 amide bonds. The van der Waals surface area contributed by atoms with Crippen molar-refractivity contribution in [3.63, 3.8) is 0 Å². The van der Waals surface area contributed by atoms with Crippen LogP contribution in [0.1, 0.15) is 46.2 Å². The molecule has 0 unspecified atom stereocenters. The number of hydrogen-bond acceptors (Lipinski definition) is 5. The summed E-state index contributed by atoms with van der Waals surface area (Å²) in [7, 11) is 1.34. The van der Waals surface area contributed by atoms with Crippen molar-refractivity contribution in [3.05, 3.63) is 53.1 Å². The van der Waals surface area contributed by atoms with E-state index in [0.717, 1.165) is 18.4 Å². The number of nitrogens with one attached hydrogen (secondary N) is 1. The van der Waals surface area contributed by atoms with Crippen LogP contribution in [0.15, 0.2) is 30.5 Å². The highest BCUT2D eigenvalue weighted by molar-refractivity contribution is 6.01. The Labute approximate surface area is 156 Å². The summed E-state index contributed by atoms with van der Waals surface area (Å²) in [6.07, 6.45) is 2.88. The van der Waals surface area contributed by atoms with Gasteiger partial charge in [0.25, 0.3) is 11.8 Å². The Morgan fingerprint density at radius 1 is 1.22 bits per heavy atom. The summed E-state index contributed by atoms with van der Waals surface area (Å²) >= 11 is 0. The number of primary amides is 1. The van der Waals surface area contributed by atoms with Gasteiger partial charge < -0.3 is 20.5 Å². The SMILES string of the molecule is CCCCOc1c(C(=O)NCc2ccc(F)cc2)cnc(C(N)=O)c1OC. The summed E-state index contributed by atoms with van der Waals surface area (Å²) in [4.78, 5) is 28.1. The molecular weight excluding hydrogens is 353 g/mol. The predicted molar refractivity (Wildman–Crippen MR) is 97.3 cm³/mol. The number of unbranched alkanes of at least 4 members (excludes halogenated alkanes) is 1. The molecule has 1 aromatic heterocycles. The first-order valence-corrected chi connectivity index (χ1v) is 8.50. The molecule has 0 radical (unpaired) electrons. The van der Waals surface area contributed by atoms with Crippen LogP contribution >= 0.6 is 0 Å². The fraction of sp³-hybridized carbons (Fsp3) is 0.316. The molecule has 0 aliphatic rings. The number of ether oxygens (including phenoxy) is 2. The van der Waals surface area contributed by atoms with Crippen molar-refractivity contribution in [2.75, 3.05) is 13.7 Å². The third-order valence-electron chi connectivity index (χ3n) is 3.78. The number of aromatic nitrogens is 1. The largest absolute Gasteiger partial charge is 0.491 e. The van der Waals surface area contributed by atoms with Gasteiger partial charge in [-0.05, 0) is 24.1 Å². The second-order valence-electron chi connectivity index (χ2n) is 5.76. The molecule has 3 N–H and O–H groups in total. The highest BCUT2D eigenvalue weighted by atomic mass is 19.1. The van der Waals surface area contributed by atoms with Gasteiger partial charge in [0.2, 0.25) is 0 Å². The molecular formula is C19H22FN3O4. The number of pyridine rings is 1. The summed E-state index contributed by atoms with van der Waals surface area (Å²) in [5.74, 6) is -1.47. The molecule has 8 heteroatoms. The van der Waals surface area contributed by atoms with Gasteiger partial charge in [-0.1, -0.05) is 25.5 Å². The lowest BCUT2D eigenvalue weighted by Crippen LogP contribution is -2.25. The van der Waals surface area contributed by atoms with Crippen LogP contribution in [0.2, 0.25) is 0 Å². The van der Waals surface area contributed by atoms with Gasteiger partial charge in [0.05, 0.1) is 13.7 Å². The minimum Gasteiger partial charge on any atom is -0.491 e. The lowest BCUT2D eigenvalue weighted by molar-refractivity contribution is 0.0940. The molecule has 0 aliphatic carbocycles. The highest BCUT2D eigenvalue weighted by Crippen LogP contribution is 2.33. The number of nitrogens with two attached hydrogens (primary N) is 1. The second kappa shape index (κ2) is 9.51. The van der Waals surface area contributed by atoms with Gasteiger partial charge in [-0.3, -0.25) is 9.59 Å². The van der Waals surface area contributed by atoms with Crippen LogP contribution in [0.5, 0.6) is 11.5 Å². The van der Waals surface area contributed by atoms with Crippen LogP contribution in [0.25, 0.3) is 0 Å². The van der Waals surface area contributed by atoms with Crippen LogP contribution in [0.4, 0.5) is 4.39 Å². The maximum atomic E-state index is 13.0. The van der Waals surface area contributed by atoms with E-state index >= 15 is 0 Å². The van der Waals surface area contributed by atoms with Crippen LogP contribution in [-0.4, -0.2) is 30.5 Å². The molecule has 1 heterocycles. The van der Waals surface area contributed by atoms with Crippen molar-refractivity contribution in [1.29, 1.82) is 0 Å². The fourth-order valence-electron chi connectivity index (χ4n) is 2.34. The van der Waals surface area contributed by atoms with E-state index in [9.17, 15) is 14.0 Å². The average Bonchev–Trinajstić information content (AvgIpc) is 2.66. The van der Waals surface area contributed by atoms with E-state index in [1.54, 1.807) is 12.1 Å². The second-order valence-corrected chi connectivity index (χ2v) is 5.76. The number of carbonyl (C=O) groups is 2. The smallest absolute Gasteiger partial charge is 0.271 e. The fourth-order valence-corrected chi connectivity index (χ4v) is 2.34. The van der Waals surface area contributed by atoms with Gasteiger partial charge >= 0.3 is 0 Å². The summed E-state index contributed by atoms with van der Waals surface area (Å²) < 4.78 is 23.9. The van der Waals surface area contributed by atoms with Crippen LogP contribution in [-0.2, 0) is 6.54 Å². The molecule has 0 aliphatic heterocycles. The van der Waals surface area contributed by atoms with Crippen LogP contribution < -0.4 is 20.5 Å². The van der Waals surface area contributed by atoms with Gasteiger partial charge in [0.15, 0.2) is 17.2 Å². The predicted octanol–water partition coefficient (Wildman–Crippen LogP) is 2.44. The van der Waals surface area contributed by atoms with Gasteiger partial charge in [0, 0.05) is 12.7 Å². The number of amides is 2. The third-order valence-corrected chi connectivity index (χ3v) is 3.78. The van der Waals surface area contributed by atoms with E-state index in [2.05, 4.69) is 10.3 Å². The zero-order valence-electron chi connectivity index (χ0n) is 15.3. The number of rotatable bonds is 9. The Morgan fingerprint density at radius 3 is 2.52 bits per heavy atom. The average molecular weight is 375 g/mol. The number of nitrogens with zero attached hydrogens (tertiary/aromatic N) is 1. The van der Waals surface area contributed by atoms with Crippen molar-refractivity contribution in [2.45, 2.75) is 26.3 Å². The summed E-state index contributed by atoms with van der Waals surface area (Å²) in [6, 6.07) is 5.77. The summed E-state index contributed by atoms with van der Waals surface area (Å²) in [5.41, 5.74) is 6.06. The van der Waals surface area contributed by atoms with E-state index in [4.69, 9.17) is 15.2 Å². The van der Waals surface area contributed by atoms with E-state index < -0.39 is 11.8 Å². The van der Waals surface area contributed by atoms with Crippen molar-refractivity contribution < 1.29 is 23.5 Å². The number of methoxy groups -OCH3 is 1. The molecule has 0 fully saturated rings. The van der Waals surface area contributed by atoms with Crippen molar-refractivity contribution in [3.8, 4) is 11.5 Å². The normalized spacial score (nSPS) is 10.3. The van der Waals surface area contributed by atoms with Crippen LogP contribution in [0.3, 0.4) is 0 Å². The quantitative estimate of drug-likeness (QED) is 0.655. The number of carbonyl (C=O) groups excluding carboxylic acids is 2. The number of benzene rings is 1. The maximum absolute atomic E-state index is 13.0. The first-order valence-electron chi connectivity index (χ1n) is 8.50. The molecule has 0 bridgehead atoms. The molecule has 2 aromatic rings. The minimum absolute atomic E-state index is 0.0213. The molecule has 1 aromatic carbocycles. The first kappa shape index (κ1) is 20.2. The third kappa shape index (κ3) is 5.16. The molecule has 0 spiro atoms. The molecule has 0 saturated heterocycles. The Hall–Kier alpha value is -3.16. The lowest BCUT2D eigenvalue weighted by Gasteiger charge is -2.16. The maximum Gasteiger partial charge on any atom is 0.271 e. The Kier molecular flexibility index (Phi) is 7.10. The van der Waals surface area contributed by atoms with Crippen molar-refractivity contribution in [2.24, 2.45) is 5.73 Å². The first-order chi connectivity index (χ1) is 13.0. The number of hydrogen-bond donors (Lipinski definition) is 2. The van der Waals surface area contributed by atoms with Gasteiger partial charge in [0.1, 0.15) is 11.4 Å². The van der Waals surface area contributed by atoms with Crippen LogP contribution in [0, 0.1) is 5.82 Å². The zero-order valence-corrected chi connectivity index (χ0v) is 15.3. The van der Waals surface area contributed by atoms with Gasteiger partial charge in [-0.15, -0.1) is 0 Å². The standard InChI is InChI=1S/C19H22FN3O4/c1-3-4-9-27-16-14(11-22-15(18(21)24)17(16)26-2)19(25)23-10-12-5-7-13(20)8-6-12/h5-8,11H,3-4,9-10H2,1-2H3,(H2,21,24)(H,23,25). The van der Waals surface area contributed by atoms with Gasteiger partial charge in [-0.2, -0.15) is 0 Å². The molecule has 7 nitrogen and oxygen atoms in total. The van der Waals surface area contributed by atoms with Crippen molar-refractivity contribution in [1.82, 2.24) is 10.3 Å². The lowest BCUT2D eigenvalue weighted by atomic mass is 10.1. The Bertz CT molecular complexity index is 809. The van der Waals surface area contributed by atoms with E-state index in [1.807, 2.05) is 6.92 Å². The summed E-state index contributed by atoms with van der Waals surface area (Å²) in [5, 5.41) is 2.71. The Morgan fingerprint density at radius 2 is 1.93 bits per heavy atom. The molecule has 0 atom stereocenters. The highest BCUT2D eigenvalue weighted by Gasteiger charge is 2.24. The van der Waals surface area contributed by atoms with Crippen molar-refractivity contribution >= 4 is 11.8 Å². The van der Waals surface area contributed by atoms with E-state index in [0.29, 0.717) is 6.61 Å². The minimum atomic E-state index is -0.787. The Balaban J connectivity index is 2.27. The molecule has 0 saturated carbocycles. The topological polar surface area (TPSA) is 104 Å². The monoisotopic (exact) mass is 375 g/mol. The van der Waals surface area contributed by atoms with Gasteiger partial charge in [-0.25, -0.2) is 9.37 Å². The molecule has 2 rings (SSSR count). The molecule has 27 heavy (non-hydrogen) atoms. The van der Waals surface area contributed by atoms with E-state index in [1.165, 1.54) is 25.4 Å². The zero-order chi connectivity index (χ0) is 19.8. The summed E-state index contributed by atoms with van der Waals surface area (Å²) in [6.45, 7) is 2.53.